The number of hydrogen-bond donors (Lipinski definition) is 1. The van der Waals surface area contributed by atoms with Crippen LogP contribution in [0, 0.1) is 0 Å². The molecule has 0 atom stereocenters. The van der Waals surface area contributed by atoms with Crippen LogP contribution >= 0.6 is 0 Å². The summed E-state index contributed by atoms with van der Waals surface area (Å²) in [5, 5.41) is 3.13. The van der Waals surface area contributed by atoms with Crippen LogP contribution in [0.15, 0.2) is 78.9 Å². The monoisotopic (exact) mass is 370 g/mol. The number of rotatable bonds is 5. The van der Waals surface area contributed by atoms with Gasteiger partial charge >= 0.3 is 0 Å². The Hall–Kier alpha value is -3.07. The number of hydrogen-bond acceptors (Lipinski definition) is 2. The summed E-state index contributed by atoms with van der Waals surface area (Å²) in [5.74, 6) is 0.0690. The molecule has 0 aromatic heterocycles. The van der Waals surface area contributed by atoms with Crippen molar-refractivity contribution in [1.82, 2.24) is 5.32 Å². The number of carbonyl (C=O) groups is 1. The smallest absolute Gasteiger partial charge is 0.239 e. The number of carbonyl (C=O) groups excluding carboxylic acids is 1. The van der Waals surface area contributed by atoms with Gasteiger partial charge in [-0.15, -0.1) is 0 Å². The fraction of sp³-hybridized carbons (Fsp3) is 0.240. The molecule has 0 unspecified atom stereocenters. The molecular formula is C25H26N2O. The van der Waals surface area contributed by atoms with E-state index in [4.69, 9.17) is 0 Å². The summed E-state index contributed by atoms with van der Waals surface area (Å²) < 4.78 is 0. The van der Waals surface area contributed by atoms with Gasteiger partial charge in [0.1, 0.15) is 0 Å². The summed E-state index contributed by atoms with van der Waals surface area (Å²) in [4.78, 5) is 14.9. The second-order valence-corrected chi connectivity index (χ2v) is 7.31. The van der Waals surface area contributed by atoms with Crippen molar-refractivity contribution in [2.45, 2.75) is 25.8 Å². The number of aryl methyl sites for hydroxylation is 1. The van der Waals surface area contributed by atoms with Crippen molar-refractivity contribution in [3.63, 3.8) is 0 Å². The minimum absolute atomic E-state index is 0.0690. The molecule has 0 spiro atoms. The summed E-state index contributed by atoms with van der Waals surface area (Å²) in [6.07, 6.45) is 3.40. The van der Waals surface area contributed by atoms with E-state index >= 15 is 0 Å². The van der Waals surface area contributed by atoms with E-state index in [-0.39, 0.29) is 5.91 Å². The second-order valence-electron chi connectivity index (χ2n) is 7.31. The number of nitrogens with zero attached hydrogens (tertiary/aromatic N) is 1. The molecule has 0 fully saturated rings. The average Bonchev–Trinajstić information content (AvgIpc) is 2.95. The Labute approximate surface area is 167 Å². The lowest BCUT2D eigenvalue weighted by Crippen LogP contribution is -2.37. The zero-order chi connectivity index (χ0) is 19.2. The molecule has 1 N–H and O–H groups in total. The molecule has 0 radical (unpaired) electrons. The lowest BCUT2D eigenvalue weighted by Gasteiger charge is -2.24. The van der Waals surface area contributed by atoms with E-state index in [1.807, 2.05) is 30.3 Å². The summed E-state index contributed by atoms with van der Waals surface area (Å²) in [5.41, 5.74) is 6.04. The maximum Gasteiger partial charge on any atom is 0.239 e. The lowest BCUT2D eigenvalue weighted by atomic mass is 10.00. The summed E-state index contributed by atoms with van der Waals surface area (Å²) in [6, 6.07) is 27.1. The van der Waals surface area contributed by atoms with Gasteiger partial charge in [0, 0.05) is 18.8 Å². The summed E-state index contributed by atoms with van der Waals surface area (Å²) >= 11 is 0. The molecule has 142 valence electrons. The van der Waals surface area contributed by atoms with Gasteiger partial charge in [-0.1, -0.05) is 72.8 Å². The largest absolute Gasteiger partial charge is 0.362 e. The summed E-state index contributed by atoms with van der Waals surface area (Å²) in [7, 11) is 0. The first kappa shape index (κ1) is 18.3. The number of anilines is 1. The van der Waals surface area contributed by atoms with Gasteiger partial charge in [0.15, 0.2) is 0 Å². The van der Waals surface area contributed by atoms with E-state index in [1.165, 1.54) is 28.8 Å². The Morgan fingerprint density at radius 2 is 1.61 bits per heavy atom. The highest BCUT2D eigenvalue weighted by Gasteiger charge is 2.17. The minimum Gasteiger partial charge on any atom is -0.362 e. The van der Waals surface area contributed by atoms with Gasteiger partial charge in [0.25, 0.3) is 0 Å². The van der Waals surface area contributed by atoms with Crippen LogP contribution in [0.3, 0.4) is 0 Å². The number of para-hydroxylation sites is 1. The Bertz CT molecular complexity index is 936. The zero-order valence-electron chi connectivity index (χ0n) is 16.1. The van der Waals surface area contributed by atoms with E-state index in [1.54, 1.807) is 0 Å². The number of nitrogens with one attached hydrogen (secondary N) is 1. The first-order valence-corrected chi connectivity index (χ1v) is 10.0. The molecule has 0 aliphatic carbocycles. The van der Waals surface area contributed by atoms with Crippen molar-refractivity contribution in [2.75, 3.05) is 18.0 Å². The van der Waals surface area contributed by atoms with Crippen LogP contribution in [0.5, 0.6) is 0 Å². The lowest BCUT2D eigenvalue weighted by molar-refractivity contribution is -0.119. The molecule has 1 aliphatic heterocycles. The van der Waals surface area contributed by atoms with Gasteiger partial charge in [-0.2, -0.15) is 0 Å². The quantitative estimate of drug-likeness (QED) is 0.699. The van der Waals surface area contributed by atoms with Crippen molar-refractivity contribution in [3.05, 3.63) is 90.0 Å². The highest BCUT2D eigenvalue weighted by atomic mass is 16.2. The molecule has 3 aromatic carbocycles. The average molecular weight is 370 g/mol. The topological polar surface area (TPSA) is 32.3 Å². The van der Waals surface area contributed by atoms with Crippen LogP contribution in [0.1, 0.15) is 24.0 Å². The third kappa shape index (κ3) is 4.25. The minimum atomic E-state index is 0.0690. The van der Waals surface area contributed by atoms with Crippen molar-refractivity contribution >= 4 is 11.6 Å². The molecule has 1 aliphatic rings. The summed E-state index contributed by atoms with van der Waals surface area (Å²) in [6.45, 7) is 1.88. The Balaban J connectivity index is 1.44. The van der Waals surface area contributed by atoms with E-state index < -0.39 is 0 Å². The van der Waals surface area contributed by atoms with Crippen LogP contribution in [0.4, 0.5) is 5.69 Å². The first-order chi connectivity index (χ1) is 13.8. The zero-order valence-corrected chi connectivity index (χ0v) is 16.1. The molecule has 1 heterocycles. The van der Waals surface area contributed by atoms with Crippen LogP contribution < -0.4 is 10.2 Å². The molecule has 4 rings (SSSR count). The van der Waals surface area contributed by atoms with Gasteiger partial charge in [-0.05, 0) is 47.6 Å². The van der Waals surface area contributed by atoms with Gasteiger partial charge < -0.3 is 10.2 Å². The van der Waals surface area contributed by atoms with Crippen molar-refractivity contribution in [3.8, 4) is 11.1 Å². The number of amides is 1. The van der Waals surface area contributed by atoms with E-state index in [9.17, 15) is 4.79 Å². The van der Waals surface area contributed by atoms with E-state index in [0.717, 1.165) is 24.9 Å². The van der Waals surface area contributed by atoms with Gasteiger partial charge in [0.2, 0.25) is 5.91 Å². The predicted octanol–water partition coefficient (Wildman–Crippen LogP) is 4.81. The SMILES string of the molecule is O=C(CN1CCCCc2ccccc21)NCc1ccccc1-c1ccccc1. The van der Waals surface area contributed by atoms with Crippen molar-refractivity contribution in [2.24, 2.45) is 0 Å². The molecule has 0 saturated heterocycles. The van der Waals surface area contributed by atoms with E-state index in [0.29, 0.717) is 13.1 Å². The molecule has 3 nitrogen and oxygen atoms in total. The molecule has 0 saturated carbocycles. The van der Waals surface area contributed by atoms with Crippen LogP contribution in [-0.2, 0) is 17.8 Å². The third-order valence-corrected chi connectivity index (χ3v) is 5.37. The van der Waals surface area contributed by atoms with Gasteiger partial charge in [-0.25, -0.2) is 0 Å². The van der Waals surface area contributed by atoms with Gasteiger partial charge in [0.05, 0.1) is 6.54 Å². The van der Waals surface area contributed by atoms with E-state index in [2.05, 4.69) is 58.7 Å². The first-order valence-electron chi connectivity index (χ1n) is 10.0. The molecule has 1 amide bonds. The third-order valence-electron chi connectivity index (χ3n) is 5.37. The second kappa shape index (κ2) is 8.75. The highest BCUT2D eigenvalue weighted by molar-refractivity contribution is 5.82. The fourth-order valence-corrected chi connectivity index (χ4v) is 3.93. The van der Waals surface area contributed by atoms with Gasteiger partial charge in [-0.3, -0.25) is 4.79 Å². The molecule has 0 bridgehead atoms. The standard InChI is InChI=1S/C25H26N2O/c28-25(19-27-17-9-8-13-21-12-5-7-16-24(21)27)26-18-22-14-4-6-15-23(22)20-10-2-1-3-11-20/h1-7,10-12,14-16H,8-9,13,17-19H2,(H,26,28). The molecule has 3 heteroatoms. The normalized spacial score (nSPS) is 13.5. The Morgan fingerprint density at radius 1 is 0.857 bits per heavy atom. The maximum absolute atomic E-state index is 12.7. The van der Waals surface area contributed by atoms with Crippen LogP contribution in [0.25, 0.3) is 11.1 Å². The van der Waals surface area contributed by atoms with Crippen LogP contribution in [-0.4, -0.2) is 19.0 Å². The molecular weight excluding hydrogens is 344 g/mol. The Kier molecular flexibility index (Phi) is 5.72. The number of fused-ring (bicyclic) bond motifs is 1. The van der Waals surface area contributed by atoms with Crippen molar-refractivity contribution < 1.29 is 4.79 Å². The molecule has 28 heavy (non-hydrogen) atoms. The Morgan fingerprint density at radius 3 is 2.50 bits per heavy atom. The highest BCUT2D eigenvalue weighted by Crippen LogP contribution is 2.26. The maximum atomic E-state index is 12.7. The molecule has 3 aromatic rings. The number of benzene rings is 3. The van der Waals surface area contributed by atoms with Crippen molar-refractivity contribution in [1.29, 1.82) is 0 Å². The predicted molar refractivity (Wildman–Crippen MR) is 115 cm³/mol. The van der Waals surface area contributed by atoms with Crippen LogP contribution in [0.2, 0.25) is 0 Å². The fourth-order valence-electron chi connectivity index (χ4n) is 3.93.